The van der Waals surface area contributed by atoms with Crippen LogP contribution in [0.4, 0.5) is 26.8 Å². The number of allylic oxidation sites excluding steroid dienone is 1. The average molecular weight is 646 g/mol. The Labute approximate surface area is 274 Å². The van der Waals surface area contributed by atoms with Crippen molar-refractivity contribution in [2.24, 2.45) is 5.10 Å². The first-order valence-corrected chi connectivity index (χ1v) is 15.0. The summed E-state index contributed by atoms with van der Waals surface area (Å²) < 4.78 is 5.04. The van der Waals surface area contributed by atoms with Crippen LogP contribution < -0.4 is 21.0 Å². The zero-order chi connectivity index (χ0) is 33.8. The smallest absolute Gasteiger partial charge is 0.401 e. The van der Waals surface area contributed by atoms with Crippen LogP contribution in [0.15, 0.2) is 113 Å². The van der Waals surface area contributed by atoms with Crippen LogP contribution >= 0.6 is 0 Å². The van der Waals surface area contributed by atoms with Gasteiger partial charge in [-0.3, -0.25) is 19.8 Å². The zero-order valence-corrected chi connectivity index (χ0v) is 26.0. The summed E-state index contributed by atoms with van der Waals surface area (Å²) in [6.07, 6.45) is 3.26. The zero-order valence-electron chi connectivity index (χ0n) is 26.0. The number of hydrazone groups is 1. The molecule has 13 nitrogen and oxygen atoms in total. The van der Waals surface area contributed by atoms with Crippen molar-refractivity contribution in [3.05, 3.63) is 119 Å². The van der Waals surface area contributed by atoms with E-state index in [2.05, 4.69) is 21.2 Å². The molecule has 13 heteroatoms. The molecule has 2 heterocycles. The lowest BCUT2D eigenvalue weighted by Gasteiger charge is -2.35. The number of anilines is 2. The monoisotopic (exact) mass is 645 g/mol. The van der Waals surface area contributed by atoms with Crippen LogP contribution in [-0.4, -0.2) is 52.3 Å². The first-order chi connectivity index (χ1) is 23.1. The molecule has 0 spiro atoms. The van der Waals surface area contributed by atoms with Crippen molar-refractivity contribution in [1.29, 1.82) is 0 Å². The van der Waals surface area contributed by atoms with Gasteiger partial charge in [0.2, 0.25) is 0 Å². The minimum absolute atomic E-state index is 0.237. The molecule has 0 saturated carbocycles. The van der Waals surface area contributed by atoms with Gasteiger partial charge in [-0.2, -0.15) is 5.10 Å². The van der Waals surface area contributed by atoms with E-state index in [1.54, 1.807) is 26.0 Å². The Balaban J connectivity index is 1.23. The molecular formula is C35H31N7O6. The highest BCUT2D eigenvalue weighted by molar-refractivity contribution is 6.07. The Kier molecular flexibility index (Phi) is 8.58. The fourth-order valence-electron chi connectivity index (χ4n) is 5.74. The second-order valence-corrected chi connectivity index (χ2v) is 11.5. The van der Waals surface area contributed by atoms with Crippen molar-refractivity contribution >= 4 is 69.1 Å². The highest BCUT2D eigenvalue weighted by Crippen LogP contribution is 2.38. The van der Waals surface area contributed by atoms with E-state index in [0.717, 1.165) is 21.5 Å². The summed E-state index contributed by atoms with van der Waals surface area (Å²) in [5, 5.41) is 24.1. The summed E-state index contributed by atoms with van der Waals surface area (Å²) in [7, 11) is 0. The van der Waals surface area contributed by atoms with Crippen LogP contribution in [0.25, 0.3) is 27.6 Å². The second-order valence-electron chi connectivity index (χ2n) is 11.5. The summed E-state index contributed by atoms with van der Waals surface area (Å²) in [5.74, 6) is -0.733. The van der Waals surface area contributed by atoms with Crippen LogP contribution in [0.2, 0.25) is 0 Å². The van der Waals surface area contributed by atoms with Crippen LogP contribution in [0.5, 0.6) is 0 Å². The molecule has 1 aliphatic heterocycles. The van der Waals surface area contributed by atoms with Gasteiger partial charge in [0.15, 0.2) is 0 Å². The van der Waals surface area contributed by atoms with Gasteiger partial charge in [-0.1, -0.05) is 72.8 Å². The number of furan rings is 1. The standard InChI is InChI=1S/C35H31N7O6/c1-35(2)32(38-33(44)37-28-17-7-12-23-10-3-5-15-26(23)28)41(29-18-8-13-24-11-4-6-16-27(24)29)34(45)40(35)22-30(43)39-36-21-9-14-25-19-20-31(48-25)42(46)47/h3-21,32H,22H2,1-2H3,(H,39,43)(H2,37,38,44)/b14-9-,36-21+. The van der Waals surface area contributed by atoms with Crippen molar-refractivity contribution in [1.82, 2.24) is 15.6 Å². The van der Waals surface area contributed by atoms with E-state index in [0.29, 0.717) is 11.4 Å². The molecule has 48 heavy (non-hydrogen) atoms. The number of rotatable bonds is 9. The molecule has 1 fully saturated rings. The maximum absolute atomic E-state index is 14.2. The number of carbonyl (C=O) groups is 3. The first kappa shape index (κ1) is 31.5. The van der Waals surface area contributed by atoms with E-state index in [-0.39, 0.29) is 12.3 Å². The summed E-state index contributed by atoms with van der Waals surface area (Å²) in [5.41, 5.74) is 2.51. The highest BCUT2D eigenvalue weighted by Gasteiger charge is 2.53. The Bertz CT molecular complexity index is 2090. The maximum Gasteiger partial charge on any atom is 0.433 e. The third-order valence-corrected chi connectivity index (χ3v) is 8.10. The molecular weight excluding hydrogens is 614 g/mol. The molecule has 1 saturated heterocycles. The number of nitrogens with zero attached hydrogens (tertiary/aromatic N) is 4. The molecule has 1 atom stereocenters. The van der Waals surface area contributed by atoms with Crippen molar-refractivity contribution in [3.8, 4) is 0 Å². The number of benzene rings is 4. The van der Waals surface area contributed by atoms with E-state index in [1.165, 1.54) is 40.3 Å². The Hall–Kier alpha value is -6.50. The van der Waals surface area contributed by atoms with Gasteiger partial charge < -0.3 is 20.0 Å². The van der Waals surface area contributed by atoms with E-state index in [4.69, 9.17) is 4.42 Å². The number of carbonyl (C=O) groups excluding carboxylic acids is 3. The van der Waals surface area contributed by atoms with E-state index in [1.807, 2.05) is 72.8 Å². The molecule has 5 aromatic rings. The fourth-order valence-corrected chi connectivity index (χ4v) is 5.74. The summed E-state index contributed by atoms with van der Waals surface area (Å²) in [6, 6.07) is 28.1. The molecule has 1 aromatic heterocycles. The lowest BCUT2D eigenvalue weighted by atomic mass is 9.99. The number of fused-ring (bicyclic) bond motifs is 2. The van der Waals surface area contributed by atoms with Gasteiger partial charge in [-0.05, 0) is 55.0 Å². The third kappa shape index (κ3) is 6.29. The number of nitrogens with one attached hydrogen (secondary N) is 3. The molecule has 3 N–H and O–H groups in total. The minimum Gasteiger partial charge on any atom is -0.401 e. The number of urea groups is 2. The van der Waals surface area contributed by atoms with Gasteiger partial charge in [0.25, 0.3) is 5.91 Å². The molecule has 5 amide bonds. The lowest BCUT2D eigenvalue weighted by molar-refractivity contribution is -0.402. The van der Waals surface area contributed by atoms with Gasteiger partial charge in [0, 0.05) is 17.0 Å². The molecule has 1 aliphatic rings. The molecule has 4 aromatic carbocycles. The maximum atomic E-state index is 14.2. The molecule has 0 aliphatic carbocycles. The lowest BCUT2D eigenvalue weighted by Crippen LogP contribution is -2.58. The summed E-state index contributed by atoms with van der Waals surface area (Å²) >= 11 is 0. The summed E-state index contributed by atoms with van der Waals surface area (Å²) in [4.78, 5) is 53.9. The second kappa shape index (κ2) is 13.1. The SMILES string of the molecule is CC1(C)C(NC(=O)Nc2cccc3ccccc23)N(c2cccc3ccccc23)C(=O)N1CC(=O)N/N=C/C=C\c1ccc([N+](=O)[O-])o1. The highest BCUT2D eigenvalue weighted by atomic mass is 16.6. The van der Waals surface area contributed by atoms with E-state index < -0.39 is 40.5 Å². The third-order valence-electron chi connectivity index (χ3n) is 8.10. The normalized spacial score (nSPS) is 15.9. The topological polar surface area (TPSA) is 162 Å². The van der Waals surface area contributed by atoms with Gasteiger partial charge in [0.1, 0.15) is 23.4 Å². The predicted octanol–water partition coefficient (Wildman–Crippen LogP) is 6.48. The van der Waals surface area contributed by atoms with Crippen molar-refractivity contribution in [2.75, 3.05) is 16.8 Å². The molecule has 242 valence electrons. The summed E-state index contributed by atoms with van der Waals surface area (Å²) in [6.45, 7) is 3.20. The van der Waals surface area contributed by atoms with E-state index in [9.17, 15) is 24.5 Å². The Morgan fingerprint density at radius 2 is 1.60 bits per heavy atom. The molecule has 0 bridgehead atoms. The number of nitro groups is 1. The van der Waals surface area contributed by atoms with Gasteiger partial charge in [-0.25, -0.2) is 15.0 Å². The largest absolute Gasteiger partial charge is 0.433 e. The Morgan fingerprint density at radius 3 is 2.33 bits per heavy atom. The van der Waals surface area contributed by atoms with Gasteiger partial charge in [-0.15, -0.1) is 0 Å². The molecule has 1 unspecified atom stereocenters. The van der Waals surface area contributed by atoms with Crippen molar-refractivity contribution in [2.45, 2.75) is 25.6 Å². The average Bonchev–Trinajstić information content (AvgIpc) is 3.62. The fraction of sp³-hybridized carbons (Fsp3) is 0.143. The molecule has 0 radical (unpaired) electrons. The Morgan fingerprint density at radius 1 is 0.938 bits per heavy atom. The van der Waals surface area contributed by atoms with Crippen LogP contribution in [0.3, 0.4) is 0 Å². The van der Waals surface area contributed by atoms with Crippen LogP contribution in [0, 0.1) is 10.1 Å². The van der Waals surface area contributed by atoms with Gasteiger partial charge in [0.05, 0.1) is 23.0 Å². The molecule has 6 rings (SSSR count). The quantitative estimate of drug-likeness (QED) is 0.0944. The first-order valence-electron chi connectivity index (χ1n) is 15.0. The minimum atomic E-state index is -1.07. The van der Waals surface area contributed by atoms with Crippen LogP contribution in [0.1, 0.15) is 19.6 Å². The number of hydrogen-bond donors (Lipinski definition) is 3. The van der Waals surface area contributed by atoms with Crippen molar-refractivity contribution < 1.29 is 23.7 Å². The number of amides is 5. The van der Waals surface area contributed by atoms with Crippen molar-refractivity contribution in [3.63, 3.8) is 0 Å². The predicted molar refractivity (Wildman–Crippen MR) is 184 cm³/mol. The van der Waals surface area contributed by atoms with Crippen LogP contribution in [-0.2, 0) is 4.79 Å². The van der Waals surface area contributed by atoms with Gasteiger partial charge >= 0.3 is 17.9 Å². The van der Waals surface area contributed by atoms with E-state index >= 15 is 0 Å². The number of hydrogen-bond acceptors (Lipinski definition) is 7.